The minimum Gasteiger partial charge on any atom is -0.299 e. The molecule has 1 aromatic rings. The van der Waals surface area contributed by atoms with Gasteiger partial charge in [0.2, 0.25) is 0 Å². The minimum atomic E-state index is 0.724. The molecule has 1 saturated heterocycles. The summed E-state index contributed by atoms with van der Waals surface area (Å²) in [6.07, 6.45) is 7.44. The quantitative estimate of drug-likeness (QED) is 0.567. The first-order chi connectivity index (χ1) is 12.0. The molecule has 1 atom stereocenters. The maximum absolute atomic E-state index is 2.59. The zero-order valence-electron chi connectivity index (χ0n) is 18.0. The van der Waals surface area contributed by atoms with Gasteiger partial charge in [-0.15, -0.1) is 0 Å². The summed E-state index contributed by atoms with van der Waals surface area (Å²) < 4.78 is 0. The molecular formula is C24H43N. The smallest absolute Gasteiger partial charge is 0.00938 e. The van der Waals surface area contributed by atoms with Crippen LogP contribution < -0.4 is 0 Å². The van der Waals surface area contributed by atoms with Gasteiger partial charge in [0.05, 0.1) is 0 Å². The third kappa shape index (κ3) is 7.52. The van der Waals surface area contributed by atoms with Crippen LogP contribution in [0.3, 0.4) is 0 Å². The number of hydrogen-bond donors (Lipinski definition) is 0. The molecule has 0 spiro atoms. The van der Waals surface area contributed by atoms with Crippen LogP contribution in [0.5, 0.6) is 0 Å². The Morgan fingerprint density at radius 3 is 1.80 bits per heavy atom. The molecular weight excluding hydrogens is 302 g/mol. The lowest BCUT2D eigenvalue weighted by Crippen LogP contribution is -2.51. The molecule has 0 aromatic heterocycles. The summed E-state index contributed by atoms with van der Waals surface area (Å²) in [7, 11) is 0. The molecule has 25 heavy (non-hydrogen) atoms. The first-order valence-electron chi connectivity index (χ1n) is 10.8. The van der Waals surface area contributed by atoms with Gasteiger partial charge in [-0.3, -0.25) is 4.90 Å². The molecule has 0 amide bonds. The average Bonchev–Trinajstić information content (AvgIpc) is 2.58. The Hall–Kier alpha value is -0.820. The van der Waals surface area contributed by atoms with Crippen molar-refractivity contribution < 1.29 is 0 Å². The second-order valence-corrected chi connectivity index (χ2v) is 8.29. The van der Waals surface area contributed by atoms with Crippen molar-refractivity contribution >= 4 is 0 Å². The molecule has 1 heteroatoms. The lowest BCUT2D eigenvalue weighted by atomic mass is 9.88. The molecule has 144 valence electrons. The van der Waals surface area contributed by atoms with Crippen molar-refractivity contribution in [2.75, 3.05) is 13.1 Å². The van der Waals surface area contributed by atoms with Crippen molar-refractivity contribution in [3.63, 3.8) is 0 Å². The van der Waals surface area contributed by atoms with E-state index in [0.29, 0.717) is 0 Å². The van der Waals surface area contributed by atoms with Gasteiger partial charge in [0.1, 0.15) is 0 Å². The van der Waals surface area contributed by atoms with Crippen LogP contribution in [-0.4, -0.2) is 24.0 Å². The topological polar surface area (TPSA) is 3.24 Å². The van der Waals surface area contributed by atoms with Gasteiger partial charge in [-0.2, -0.15) is 0 Å². The molecule has 3 rings (SSSR count). The highest BCUT2D eigenvalue weighted by atomic mass is 15.2. The molecule has 1 unspecified atom stereocenters. The summed E-state index contributed by atoms with van der Waals surface area (Å²) in [5.74, 6) is 2.56. The fourth-order valence-corrected chi connectivity index (χ4v) is 3.62. The fraction of sp³-hybridized carbons (Fsp3) is 0.750. The lowest BCUT2D eigenvalue weighted by molar-refractivity contribution is 0.0756. The van der Waals surface area contributed by atoms with Gasteiger partial charge in [0, 0.05) is 25.0 Å². The second kappa shape index (κ2) is 11.7. The Morgan fingerprint density at radius 1 is 0.880 bits per heavy atom. The van der Waals surface area contributed by atoms with E-state index in [1.165, 1.54) is 56.3 Å². The summed E-state index contributed by atoms with van der Waals surface area (Å²) >= 11 is 0. The lowest BCUT2D eigenvalue weighted by Gasteiger charge is -2.45. The molecule has 0 N–H and O–H groups in total. The predicted molar refractivity (Wildman–Crippen MR) is 113 cm³/mol. The van der Waals surface area contributed by atoms with Gasteiger partial charge in [-0.25, -0.2) is 0 Å². The summed E-state index contributed by atoms with van der Waals surface area (Å²) in [5.41, 5.74) is 2.87. The highest BCUT2D eigenvalue weighted by Crippen LogP contribution is 2.30. The van der Waals surface area contributed by atoms with Crippen molar-refractivity contribution in [1.82, 2.24) is 4.90 Å². The van der Waals surface area contributed by atoms with Crippen LogP contribution in [0, 0.1) is 18.8 Å². The number of nitrogens with zero attached hydrogens (tertiary/aromatic N) is 1. The number of aryl methyl sites for hydroxylation is 1. The first kappa shape index (κ1) is 22.2. The van der Waals surface area contributed by atoms with Gasteiger partial charge in [0.25, 0.3) is 0 Å². The van der Waals surface area contributed by atoms with E-state index in [9.17, 15) is 0 Å². The number of benzene rings is 1. The van der Waals surface area contributed by atoms with Crippen LogP contribution in [0.25, 0.3) is 0 Å². The van der Waals surface area contributed by atoms with Gasteiger partial charge >= 0.3 is 0 Å². The summed E-state index contributed by atoms with van der Waals surface area (Å²) in [6.45, 7) is 17.9. The zero-order chi connectivity index (χ0) is 18.8. The van der Waals surface area contributed by atoms with E-state index in [-0.39, 0.29) is 0 Å². The predicted octanol–water partition coefficient (Wildman–Crippen LogP) is 7.05. The van der Waals surface area contributed by atoms with Crippen molar-refractivity contribution in [3.05, 3.63) is 35.4 Å². The van der Waals surface area contributed by atoms with Crippen molar-refractivity contribution in [2.45, 2.75) is 92.5 Å². The van der Waals surface area contributed by atoms with E-state index >= 15 is 0 Å². The largest absolute Gasteiger partial charge is 0.299 e. The molecule has 1 aromatic carbocycles. The van der Waals surface area contributed by atoms with Crippen LogP contribution in [0.2, 0.25) is 0 Å². The maximum atomic E-state index is 2.59. The Bertz CT molecular complexity index is 436. The molecule has 0 bridgehead atoms. The molecule has 0 radical (unpaired) electrons. The summed E-state index contributed by atoms with van der Waals surface area (Å²) in [5, 5.41) is 0. The van der Waals surface area contributed by atoms with E-state index < -0.39 is 0 Å². The molecule has 1 saturated carbocycles. The molecule has 1 aliphatic heterocycles. The molecule has 1 heterocycles. The van der Waals surface area contributed by atoms with Gasteiger partial charge in [-0.1, -0.05) is 96.6 Å². The van der Waals surface area contributed by atoms with Crippen LogP contribution in [0.4, 0.5) is 0 Å². The summed E-state index contributed by atoms with van der Waals surface area (Å²) in [6, 6.07) is 9.75. The molecule has 1 aliphatic carbocycles. The van der Waals surface area contributed by atoms with Crippen LogP contribution in [-0.2, 0) is 0 Å². The normalized spacial score (nSPS) is 20.0. The SMILES string of the molecule is CC.CC1CCCCC1.Cc1ccc(C2CN(C(C)C(C)C)C2)cc1. The molecule has 2 fully saturated rings. The third-order valence-electron chi connectivity index (χ3n) is 5.89. The Labute approximate surface area is 158 Å². The van der Waals surface area contributed by atoms with E-state index in [1.807, 2.05) is 13.8 Å². The van der Waals surface area contributed by atoms with Crippen molar-refractivity contribution in [2.24, 2.45) is 11.8 Å². The van der Waals surface area contributed by atoms with Crippen molar-refractivity contribution in [3.8, 4) is 0 Å². The van der Waals surface area contributed by atoms with Gasteiger partial charge < -0.3 is 0 Å². The van der Waals surface area contributed by atoms with Crippen molar-refractivity contribution in [1.29, 1.82) is 0 Å². The highest BCUT2D eigenvalue weighted by Gasteiger charge is 2.32. The molecule has 1 nitrogen and oxygen atoms in total. The summed E-state index contributed by atoms with van der Waals surface area (Å²) in [4.78, 5) is 2.59. The Morgan fingerprint density at radius 2 is 1.40 bits per heavy atom. The third-order valence-corrected chi connectivity index (χ3v) is 5.89. The van der Waals surface area contributed by atoms with E-state index in [1.54, 1.807) is 0 Å². The van der Waals surface area contributed by atoms with E-state index in [2.05, 4.69) is 63.8 Å². The number of hydrogen-bond acceptors (Lipinski definition) is 1. The average molecular weight is 346 g/mol. The Kier molecular flexibility index (Phi) is 10.4. The highest BCUT2D eigenvalue weighted by molar-refractivity contribution is 5.26. The van der Waals surface area contributed by atoms with Gasteiger partial charge in [0.15, 0.2) is 0 Å². The standard InChI is InChI=1S/C15H23N.C7H14.C2H6/c1-11(2)13(4)16-9-15(10-16)14-7-5-12(3)6-8-14;1-7-5-3-2-4-6-7;1-2/h5-8,11,13,15H,9-10H2,1-4H3;7H,2-6H2,1H3;1-2H3. The van der Waals surface area contributed by atoms with Crippen LogP contribution in [0.1, 0.15) is 90.7 Å². The number of rotatable bonds is 3. The maximum Gasteiger partial charge on any atom is 0.00938 e. The second-order valence-electron chi connectivity index (χ2n) is 8.29. The Balaban J connectivity index is 0.000000290. The fourth-order valence-electron chi connectivity index (χ4n) is 3.62. The molecule has 2 aliphatic rings. The number of likely N-dealkylation sites (tertiary alicyclic amines) is 1. The van der Waals surface area contributed by atoms with Crippen LogP contribution >= 0.6 is 0 Å². The van der Waals surface area contributed by atoms with Gasteiger partial charge in [-0.05, 0) is 31.2 Å². The monoisotopic (exact) mass is 345 g/mol. The zero-order valence-corrected chi connectivity index (χ0v) is 18.0. The van der Waals surface area contributed by atoms with E-state index in [4.69, 9.17) is 0 Å². The van der Waals surface area contributed by atoms with Crippen LogP contribution in [0.15, 0.2) is 24.3 Å². The van der Waals surface area contributed by atoms with E-state index in [0.717, 1.165) is 23.8 Å². The minimum absolute atomic E-state index is 0.724. The first-order valence-corrected chi connectivity index (χ1v) is 10.8.